The lowest BCUT2D eigenvalue weighted by Gasteiger charge is -2.08. The molecule has 2 rings (SSSR count). The lowest BCUT2D eigenvalue weighted by molar-refractivity contribution is -0.115. The fourth-order valence-corrected chi connectivity index (χ4v) is 2.01. The summed E-state index contributed by atoms with van der Waals surface area (Å²) in [7, 11) is 1.40. The molecule has 0 unspecified atom stereocenters. The second-order valence-corrected chi connectivity index (χ2v) is 4.65. The van der Waals surface area contributed by atoms with Gasteiger partial charge in [0, 0.05) is 5.69 Å². The molecule has 5 heteroatoms. The van der Waals surface area contributed by atoms with Crippen molar-refractivity contribution in [1.29, 1.82) is 0 Å². The number of benzene rings is 2. The van der Waals surface area contributed by atoms with Crippen LogP contribution in [0.1, 0.15) is 12.5 Å². The summed E-state index contributed by atoms with van der Waals surface area (Å²) in [6, 6.07) is 11.6. The van der Waals surface area contributed by atoms with Crippen molar-refractivity contribution in [3.05, 3.63) is 53.8 Å². The quantitative estimate of drug-likeness (QED) is 0.889. The summed E-state index contributed by atoms with van der Waals surface area (Å²) in [6.45, 7) is 2.50. The zero-order valence-corrected chi connectivity index (χ0v) is 12.6. The summed E-state index contributed by atoms with van der Waals surface area (Å²) in [4.78, 5) is 12.0. The minimum atomic E-state index is -0.478. The van der Waals surface area contributed by atoms with Crippen molar-refractivity contribution in [3.63, 3.8) is 0 Å². The first-order valence-corrected chi connectivity index (χ1v) is 6.97. The average molecular weight is 303 g/mol. The van der Waals surface area contributed by atoms with E-state index in [0.717, 1.165) is 5.75 Å². The summed E-state index contributed by atoms with van der Waals surface area (Å²) < 4.78 is 23.7. The van der Waals surface area contributed by atoms with Crippen LogP contribution in [0.3, 0.4) is 0 Å². The van der Waals surface area contributed by atoms with Gasteiger partial charge in [0.05, 0.1) is 20.1 Å². The molecule has 1 amide bonds. The first-order chi connectivity index (χ1) is 10.6. The second-order valence-electron chi connectivity index (χ2n) is 4.65. The number of methoxy groups -OCH3 is 1. The lowest BCUT2D eigenvalue weighted by Crippen LogP contribution is -2.14. The number of amides is 1. The maximum atomic E-state index is 13.6. The van der Waals surface area contributed by atoms with Crippen molar-refractivity contribution in [2.45, 2.75) is 13.3 Å². The summed E-state index contributed by atoms with van der Waals surface area (Å²) in [5.41, 5.74) is 1.25. The summed E-state index contributed by atoms with van der Waals surface area (Å²) in [5.74, 6) is 0.219. The third-order valence-electron chi connectivity index (χ3n) is 3.03. The fourth-order valence-electron chi connectivity index (χ4n) is 2.01. The van der Waals surface area contributed by atoms with Crippen LogP contribution < -0.4 is 14.8 Å². The third kappa shape index (κ3) is 4.22. The van der Waals surface area contributed by atoms with E-state index in [1.807, 2.05) is 6.92 Å². The highest BCUT2D eigenvalue weighted by Crippen LogP contribution is 2.19. The van der Waals surface area contributed by atoms with Gasteiger partial charge in [-0.25, -0.2) is 4.39 Å². The Bertz CT molecular complexity index is 641. The van der Waals surface area contributed by atoms with Gasteiger partial charge in [-0.05, 0) is 48.9 Å². The molecular weight excluding hydrogens is 285 g/mol. The molecule has 0 saturated carbocycles. The third-order valence-corrected chi connectivity index (χ3v) is 3.03. The molecule has 0 bridgehead atoms. The molecule has 0 heterocycles. The predicted octanol–water partition coefficient (Wildman–Crippen LogP) is 3.41. The number of rotatable bonds is 6. The number of carbonyl (C=O) groups is 1. The van der Waals surface area contributed by atoms with Crippen LogP contribution in [0.2, 0.25) is 0 Å². The molecule has 0 aliphatic heterocycles. The number of nitrogens with one attached hydrogen (secondary N) is 1. The van der Waals surface area contributed by atoms with E-state index in [2.05, 4.69) is 5.32 Å². The largest absolute Gasteiger partial charge is 0.494 e. The van der Waals surface area contributed by atoms with Crippen molar-refractivity contribution in [2.75, 3.05) is 19.0 Å². The van der Waals surface area contributed by atoms with Gasteiger partial charge in [0.1, 0.15) is 5.75 Å². The fraction of sp³-hybridized carbons (Fsp3) is 0.235. The predicted molar refractivity (Wildman–Crippen MR) is 82.9 cm³/mol. The first-order valence-electron chi connectivity index (χ1n) is 6.97. The smallest absolute Gasteiger partial charge is 0.228 e. The van der Waals surface area contributed by atoms with E-state index in [-0.39, 0.29) is 18.1 Å². The number of hydrogen-bond donors (Lipinski definition) is 1. The standard InChI is InChI=1S/C17H18FNO3/c1-3-22-14-7-5-13(6-8-14)19-17(20)11-12-4-9-16(21-2)15(18)10-12/h4-10H,3,11H2,1-2H3,(H,19,20). The highest BCUT2D eigenvalue weighted by Gasteiger charge is 2.08. The summed E-state index contributed by atoms with van der Waals surface area (Å²) in [5, 5.41) is 2.76. The SMILES string of the molecule is CCOc1ccc(NC(=O)Cc2ccc(OC)c(F)c2)cc1. The van der Waals surface area contributed by atoms with E-state index < -0.39 is 5.82 Å². The minimum absolute atomic E-state index is 0.0914. The maximum absolute atomic E-state index is 13.6. The molecule has 4 nitrogen and oxygen atoms in total. The molecule has 0 aliphatic rings. The Morgan fingerprint density at radius 2 is 1.91 bits per heavy atom. The van der Waals surface area contributed by atoms with Gasteiger partial charge in [-0.3, -0.25) is 4.79 Å². The Morgan fingerprint density at radius 1 is 1.18 bits per heavy atom. The highest BCUT2D eigenvalue weighted by molar-refractivity contribution is 5.92. The van der Waals surface area contributed by atoms with E-state index in [1.165, 1.54) is 19.2 Å². The van der Waals surface area contributed by atoms with Gasteiger partial charge in [-0.2, -0.15) is 0 Å². The molecule has 0 atom stereocenters. The van der Waals surface area contributed by atoms with Crippen molar-refractivity contribution in [1.82, 2.24) is 0 Å². The van der Waals surface area contributed by atoms with Gasteiger partial charge in [0.25, 0.3) is 0 Å². The van der Waals surface area contributed by atoms with E-state index in [1.54, 1.807) is 30.3 Å². The van der Waals surface area contributed by atoms with Crippen molar-refractivity contribution in [2.24, 2.45) is 0 Å². The molecule has 22 heavy (non-hydrogen) atoms. The minimum Gasteiger partial charge on any atom is -0.494 e. The first kappa shape index (κ1) is 15.8. The number of ether oxygens (including phenoxy) is 2. The molecule has 0 saturated heterocycles. The van der Waals surface area contributed by atoms with E-state index >= 15 is 0 Å². The Hall–Kier alpha value is -2.56. The van der Waals surface area contributed by atoms with Gasteiger partial charge in [0.15, 0.2) is 11.6 Å². The van der Waals surface area contributed by atoms with E-state index in [0.29, 0.717) is 17.9 Å². The van der Waals surface area contributed by atoms with E-state index in [9.17, 15) is 9.18 Å². The molecule has 0 fully saturated rings. The molecule has 1 N–H and O–H groups in total. The molecule has 0 radical (unpaired) electrons. The molecule has 2 aromatic carbocycles. The zero-order chi connectivity index (χ0) is 15.9. The maximum Gasteiger partial charge on any atom is 0.228 e. The average Bonchev–Trinajstić information content (AvgIpc) is 2.50. The number of anilines is 1. The molecule has 0 spiro atoms. The summed E-state index contributed by atoms with van der Waals surface area (Å²) in [6.07, 6.45) is 0.0914. The van der Waals surface area contributed by atoms with Crippen LogP contribution in [-0.4, -0.2) is 19.6 Å². The van der Waals surface area contributed by atoms with Crippen LogP contribution in [0.5, 0.6) is 11.5 Å². The lowest BCUT2D eigenvalue weighted by atomic mass is 10.1. The van der Waals surface area contributed by atoms with Crippen molar-refractivity contribution >= 4 is 11.6 Å². The molecule has 116 valence electrons. The Morgan fingerprint density at radius 3 is 2.50 bits per heavy atom. The molecule has 0 aliphatic carbocycles. The van der Waals surface area contributed by atoms with Crippen LogP contribution in [-0.2, 0) is 11.2 Å². The van der Waals surface area contributed by atoms with Crippen LogP contribution in [0.15, 0.2) is 42.5 Å². The van der Waals surface area contributed by atoms with E-state index in [4.69, 9.17) is 9.47 Å². The Kier molecular flexibility index (Phi) is 5.36. The molecular formula is C17H18FNO3. The van der Waals surface area contributed by atoms with Gasteiger partial charge >= 0.3 is 0 Å². The van der Waals surface area contributed by atoms with Crippen LogP contribution >= 0.6 is 0 Å². The topological polar surface area (TPSA) is 47.6 Å². The molecule has 2 aromatic rings. The number of halogens is 1. The van der Waals surface area contributed by atoms with Crippen LogP contribution in [0, 0.1) is 5.82 Å². The van der Waals surface area contributed by atoms with Gasteiger partial charge < -0.3 is 14.8 Å². The van der Waals surface area contributed by atoms with Crippen molar-refractivity contribution in [3.8, 4) is 11.5 Å². The number of hydrogen-bond acceptors (Lipinski definition) is 3. The second kappa shape index (κ2) is 7.45. The van der Waals surface area contributed by atoms with Crippen LogP contribution in [0.4, 0.5) is 10.1 Å². The van der Waals surface area contributed by atoms with Crippen LogP contribution in [0.25, 0.3) is 0 Å². The summed E-state index contributed by atoms with van der Waals surface area (Å²) >= 11 is 0. The Balaban J connectivity index is 1.96. The highest BCUT2D eigenvalue weighted by atomic mass is 19.1. The molecule has 0 aromatic heterocycles. The van der Waals surface area contributed by atoms with Gasteiger partial charge in [-0.1, -0.05) is 6.07 Å². The van der Waals surface area contributed by atoms with Gasteiger partial charge in [-0.15, -0.1) is 0 Å². The Labute approximate surface area is 128 Å². The van der Waals surface area contributed by atoms with Crippen molar-refractivity contribution < 1.29 is 18.7 Å². The van der Waals surface area contributed by atoms with Gasteiger partial charge in [0.2, 0.25) is 5.91 Å². The normalized spacial score (nSPS) is 10.1. The number of carbonyl (C=O) groups excluding carboxylic acids is 1. The zero-order valence-electron chi connectivity index (χ0n) is 12.6. The monoisotopic (exact) mass is 303 g/mol.